The number of ether oxygens (including phenoxy) is 2. The molecule has 0 saturated heterocycles. The van der Waals surface area contributed by atoms with Gasteiger partial charge in [0.1, 0.15) is 18.1 Å². The van der Waals surface area contributed by atoms with Crippen molar-refractivity contribution < 1.29 is 23.9 Å². The van der Waals surface area contributed by atoms with Gasteiger partial charge in [0.05, 0.1) is 6.04 Å². The van der Waals surface area contributed by atoms with E-state index in [1.807, 2.05) is 5.94 Å². The molecule has 0 aromatic rings. The van der Waals surface area contributed by atoms with Crippen molar-refractivity contribution >= 4 is 29.8 Å². The normalized spacial score (nSPS) is 12.0. The number of hydrogen-bond donors (Lipinski definition) is 1. The Morgan fingerprint density at radius 3 is 1.89 bits per heavy atom. The van der Waals surface area contributed by atoms with Crippen LogP contribution < -0.4 is 5.32 Å². The third-order valence-corrected chi connectivity index (χ3v) is 6.66. The van der Waals surface area contributed by atoms with Gasteiger partial charge < -0.3 is 14.8 Å². The summed E-state index contributed by atoms with van der Waals surface area (Å²) in [5, 5.41) is 2.70. The minimum atomic E-state index is -0.609. The van der Waals surface area contributed by atoms with Crippen LogP contribution in [-0.4, -0.2) is 47.8 Å². The zero-order valence-electron chi connectivity index (χ0n) is 23.0. The van der Waals surface area contributed by atoms with E-state index in [2.05, 4.69) is 12.2 Å². The maximum Gasteiger partial charge on any atom is 0.408 e. The Kier molecular flexibility index (Phi) is 20.9. The van der Waals surface area contributed by atoms with Gasteiger partial charge in [-0.25, -0.2) is 9.59 Å². The number of amides is 1. The van der Waals surface area contributed by atoms with Crippen LogP contribution in [0.2, 0.25) is 0 Å². The van der Waals surface area contributed by atoms with Crippen molar-refractivity contribution in [1.29, 1.82) is 0 Å². The van der Waals surface area contributed by atoms with Gasteiger partial charge >= 0.3 is 12.1 Å². The lowest BCUT2D eigenvalue weighted by molar-refractivity contribution is -0.143. The van der Waals surface area contributed by atoms with Gasteiger partial charge in [0, 0.05) is 23.5 Å². The van der Waals surface area contributed by atoms with Crippen LogP contribution in [0, 0.1) is 0 Å². The van der Waals surface area contributed by atoms with Gasteiger partial charge in [0.2, 0.25) is 0 Å². The van der Waals surface area contributed by atoms with E-state index in [0.717, 1.165) is 12.8 Å². The van der Waals surface area contributed by atoms with E-state index in [-0.39, 0.29) is 5.97 Å². The van der Waals surface area contributed by atoms with E-state index < -0.39 is 17.7 Å². The molecule has 35 heavy (non-hydrogen) atoms. The minimum Gasteiger partial charge on any atom is -0.465 e. The fraction of sp³-hybridized carbons (Fsp3) is 0.857. The smallest absolute Gasteiger partial charge is 0.408 e. The summed E-state index contributed by atoms with van der Waals surface area (Å²) in [4.78, 5) is 34.9. The van der Waals surface area contributed by atoms with Crippen molar-refractivity contribution in [2.75, 3.05) is 18.1 Å². The lowest BCUT2D eigenvalue weighted by atomic mass is 10.0. The first-order valence-corrected chi connectivity index (χ1v) is 14.8. The van der Waals surface area contributed by atoms with E-state index in [4.69, 9.17) is 9.47 Å². The van der Waals surface area contributed by atoms with E-state index in [9.17, 15) is 14.4 Å². The highest BCUT2D eigenvalue weighted by atomic mass is 32.2. The SMILES string of the molecule is CCCCCCCCCCCCCCCC(=O)OCCSC[C@H](NC(=O)OC(C)(C)C)C(C)=C=O. The van der Waals surface area contributed by atoms with Crippen LogP contribution in [0.25, 0.3) is 0 Å². The summed E-state index contributed by atoms with van der Waals surface area (Å²) >= 11 is 1.51. The minimum absolute atomic E-state index is 0.152. The van der Waals surface area contributed by atoms with Crippen molar-refractivity contribution in [1.82, 2.24) is 5.32 Å². The Labute approximate surface area is 218 Å². The molecule has 0 aromatic heterocycles. The lowest BCUT2D eigenvalue weighted by Crippen LogP contribution is -2.41. The third-order valence-electron chi connectivity index (χ3n) is 5.63. The van der Waals surface area contributed by atoms with Gasteiger partial charge in [-0.3, -0.25) is 4.79 Å². The molecule has 1 atom stereocenters. The molecule has 7 heteroatoms. The lowest BCUT2D eigenvalue weighted by Gasteiger charge is -2.23. The van der Waals surface area contributed by atoms with Crippen molar-refractivity contribution in [3.05, 3.63) is 5.57 Å². The highest BCUT2D eigenvalue weighted by Crippen LogP contribution is 2.14. The fourth-order valence-electron chi connectivity index (χ4n) is 3.57. The summed E-state index contributed by atoms with van der Waals surface area (Å²) in [5.74, 6) is 2.78. The molecule has 0 bridgehead atoms. The molecular formula is C28H51NO5S. The Bertz CT molecular complexity index is 611. The summed E-state index contributed by atoms with van der Waals surface area (Å²) in [6.45, 7) is 9.56. The van der Waals surface area contributed by atoms with Gasteiger partial charge in [-0.05, 0) is 34.1 Å². The average Bonchev–Trinajstić information content (AvgIpc) is 2.79. The van der Waals surface area contributed by atoms with Gasteiger partial charge in [-0.15, -0.1) is 0 Å². The summed E-state index contributed by atoms with van der Waals surface area (Å²) in [6.07, 6.45) is 16.6. The van der Waals surface area contributed by atoms with Crippen LogP contribution in [-0.2, 0) is 19.1 Å². The summed E-state index contributed by atoms with van der Waals surface area (Å²) in [5.41, 5.74) is -0.204. The molecule has 0 rings (SSSR count). The Balaban J connectivity index is 3.72. The molecule has 0 aliphatic carbocycles. The molecule has 204 valence electrons. The number of carbonyl (C=O) groups is 2. The van der Waals surface area contributed by atoms with E-state index in [0.29, 0.717) is 30.1 Å². The topological polar surface area (TPSA) is 81.7 Å². The molecule has 0 heterocycles. The van der Waals surface area contributed by atoms with Crippen molar-refractivity contribution in [3.63, 3.8) is 0 Å². The standard InChI is InChI=1S/C28H51NO5S/c1-6-7-8-9-10-11-12-13-14-15-16-17-18-19-26(31)33-20-21-35-23-25(24(2)22-30)29-27(32)34-28(3,4)5/h25H,6-21,23H2,1-5H3,(H,29,32)/t25-/m0/s1. The molecular weight excluding hydrogens is 462 g/mol. The van der Waals surface area contributed by atoms with Gasteiger partial charge in [-0.2, -0.15) is 11.8 Å². The second kappa shape index (κ2) is 21.8. The summed E-state index contributed by atoms with van der Waals surface area (Å²) in [7, 11) is 0. The summed E-state index contributed by atoms with van der Waals surface area (Å²) in [6, 6.07) is -0.464. The van der Waals surface area contributed by atoms with Crippen LogP contribution in [0.3, 0.4) is 0 Å². The molecule has 0 aliphatic rings. The Morgan fingerprint density at radius 2 is 1.40 bits per heavy atom. The predicted octanol–water partition coefficient (Wildman–Crippen LogP) is 7.42. The first-order chi connectivity index (χ1) is 16.7. The number of carbonyl (C=O) groups excluding carboxylic acids is 3. The number of unbranched alkanes of at least 4 members (excludes halogenated alkanes) is 12. The van der Waals surface area contributed by atoms with E-state index in [1.165, 1.54) is 82.4 Å². The maximum atomic E-state index is 12.0. The van der Waals surface area contributed by atoms with Crippen LogP contribution in [0.1, 0.15) is 125 Å². The van der Waals surface area contributed by atoms with Crippen LogP contribution >= 0.6 is 11.8 Å². The second-order valence-corrected chi connectivity index (χ2v) is 11.4. The molecule has 0 aromatic carbocycles. The second-order valence-electron chi connectivity index (χ2n) is 10.3. The van der Waals surface area contributed by atoms with E-state index >= 15 is 0 Å². The molecule has 1 N–H and O–H groups in total. The molecule has 6 nitrogen and oxygen atoms in total. The third kappa shape index (κ3) is 22.7. The molecule has 0 unspecified atom stereocenters. The zero-order chi connectivity index (χ0) is 26.4. The average molecular weight is 514 g/mol. The molecule has 0 aliphatic heterocycles. The van der Waals surface area contributed by atoms with Crippen molar-refractivity contribution in [3.8, 4) is 0 Å². The number of rotatable bonds is 21. The molecule has 1 amide bonds. The monoisotopic (exact) mass is 513 g/mol. The molecule has 0 fully saturated rings. The first kappa shape index (κ1) is 33.5. The molecule has 0 radical (unpaired) electrons. The highest BCUT2D eigenvalue weighted by molar-refractivity contribution is 7.99. The quantitative estimate of drug-likeness (QED) is 0.0977. The van der Waals surface area contributed by atoms with Crippen LogP contribution in [0.15, 0.2) is 5.57 Å². The van der Waals surface area contributed by atoms with Crippen molar-refractivity contribution in [2.45, 2.75) is 136 Å². The van der Waals surface area contributed by atoms with Gasteiger partial charge in [-0.1, -0.05) is 84.0 Å². The molecule has 0 spiro atoms. The Hall–Kier alpha value is -1.46. The Morgan fingerprint density at radius 1 is 0.886 bits per heavy atom. The largest absolute Gasteiger partial charge is 0.465 e. The van der Waals surface area contributed by atoms with E-state index in [1.54, 1.807) is 27.7 Å². The highest BCUT2D eigenvalue weighted by Gasteiger charge is 2.21. The van der Waals surface area contributed by atoms with Crippen LogP contribution in [0.4, 0.5) is 4.79 Å². The maximum absolute atomic E-state index is 12.0. The number of alkyl carbamates (subject to hydrolysis) is 1. The first-order valence-electron chi connectivity index (χ1n) is 13.6. The number of esters is 1. The number of thioether (sulfide) groups is 1. The predicted molar refractivity (Wildman–Crippen MR) is 147 cm³/mol. The van der Waals surface area contributed by atoms with Crippen molar-refractivity contribution in [2.24, 2.45) is 0 Å². The fourth-order valence-corrected chi connectivity index (χ4v) is 4.51. The summed E-state index contributed by atoms with van der Waals surface area (Å²) < 4.78 is 10.6. The van der Waals surface area contributed by atoms with Gasteiger partial charge in [0.25, 0.3) is 0 Å². The number of hydrogen-bond acceptors (Lipinski definition) is 6. The number of nitrogens with one attached hydrogen (secondary N) is 1. The zero-order valence-corrected chi connectivity index (χ0v) is 23.9. The van der Waals surface area contributed by atoms with Gasteiger partial charge in [0.15, 0.2) is 0 Å². The van der Waals surface area contributed by atoms with Crippen LogP contribution in [0.5, 0.6) is 0 Å². The molecule has 0 saturated carbocycles.